The number of carbonyl (C=O) groups is 1. The van der Waals surface area contributed by atoms with Crippen LogP contribution in [0.2, 0.25) is 0 Å². The quantitative estimate of drug-likeness (QED) is 0.655. The molecule has 1 aromatic rings. The first-order valence-corrected chi connectivity index (χ1v) is 8.79. The van der Waals surface area contributed by atoms with Crippen LogP contribution in [0, 0.1) is 10.1 Å². The summed E-state index contributed by atoms with van der Waals surface area (Å²) in [6.07, 6.45) is 0.945. The minimum atomic E-state index is -1.16. The number of hydrogen-bond donors (Lipinski definition) is 1. The van der Waals surface area contributed by atoms with Crippen molar-refractivity contribution in [2.45, 2.75) is 45.1 Å². The van der Waals surface area contributed by atoms with Crippen molar-refractivity contribution >= 4 is 22.6 Å². The molecule has 8 heteroatoms. The molecule has 0 aliphatic rings. The topological polar surface area (TPSA) is 98.5 Å². The van der Waals surface area contributed by atoms with Crippen molar-refractivity contribution in [1.82, 2.24) is 5.32 Å². The van der Waals surface area contributed by atoms with E-state index >= 15 is 0 Å². The molecule has 1 amide bonds. The lowest BCUT2D eigenvalue weighted by atomic mass is 10.0. The average Bonchev–Trinajstić information content (AvgIpc) is 2.34. The first kappa shape index (κ1) is 19.1. The van der Waals surface area contributed by atoms with Gasteiger partial charge in [-0.25, -0.2) is 4.79 Å². The van der Waals surface area contributed by atoms with E-state index < -0.39 is 33.5 Å². The highest BCUT2D eigenvalue weighted by Gasteiger charge is 2.21. The molecule has 23 heavy (non-hydrogen) atoms. The number of alkyl carbamates (subject to hydrolysis) is 1. The molecule has 0 aliphatic heterocycles. The number of carbonyl (C=O) groups excluding carboxylic acids is 1. The Kier molecular flexibility index (Phi) is 6.26. The third-order valence-corrected chi connectivity index (χ3v) is 3.61. The van der Waals surface area contributed by atoms with Crippen molar-refractivity contribution < 1.29 is 18.7 Å². The maximum Gasteiger partial charge on any atom is 0.408 e. The van der Waals surface area contributed by atoms with E-state index in [2.05, 4.69) is 5.32 Å². The maximum atomic E-state index is 11.8. The van der Waals surface area contributed by atoms with Gasteiger partial charge in [-0.2, -0.15) is 0 Å². The molecule has 1 rings (SSSR count). The van der Waals surface area contributed by atoms with Gasteiger partial charge in [0.1, 0.15) is 5.60 Å². The van der Waals surface area contributed by atoms with Crippen molar-refractivity contribution in [3.63, 3.8) is 0 Å². The van der Waals surface area contributed by atoms with Crippen LogP contribution in [-0.2, 0) is 21.3 Å². The molecule has 0 bridgehead atoms. The fourth-order valence-electron chi connectivity index (χ4n) is 2.03. The molecule has 0 aromatic heterocycles. The normalized spacial score (nSPS) is 14.0. The number of amides is 1. The maximum absolute atomic E-state index is 11.8. The van der Waals surface area contributed by atoms with Crippen LogP contribution in [0.1, 0.15) is 44.9 Å². The Hall–Kier alpha value is -1.96. The van der Waals surface area contributed by atoms with Gasteiger partial charge in [-0.1, -0.05) is 0 Å². The van der Waals surface area contributed by atoms with E-state index in [1.165, 1.54) is 18.4 Å². The van der Waals surface area contributed by atoms with E-state index in [0.717, 1.165) is 0 Å². The van der Waals surface area contributed by atoms with E-state index in [-0.39, 0.29) is 11.4 Å². The number of benzene rings is 1. The van der Waals surface area contributed by atoms with Crippen LogP contribution in [0.3, 0.4) is 0 Å². The number of ether oxygens (including phenoxy) is 1. The van der Waals surface area contributed by atoms with Gasteiger partial charge in [0, 0.05) is 34.9 Å². The Morgan fingerprint density at radius 1 is 1.43 bits per heavy atom. The summed E-state index contributed by atoms with van der Waals surface area (Å²) in [6, 6.07) is 3.90. The molecule has 1 N–H and O–H groups in total. The van der Waals surface area contributed by atoms with Crippen molar-refractivity contribution in [2.24, 2.45) is 0 Å². The molecule has 0 heterocycles. The molecule has 0 aliphatic carbocycles. The minimum Gasteiger partial charge on any atom is -0.444 e. The molecular formula is C15H22N2O5S. The third-order valence-electron chi connectivity index (χ3n) is 2.90. The summed E-state index contributed by atoms with van der Waals surface area (Å²) in [4.78, 5) is 22.2. The Morgan fingerprint density at radius 2 is 2.04 bits per heavy atom. The number of non-ortho nitro benzene ring substituents is 1. The van der Waals surface area contributed by atoms with E-state index in [0.29, 0.717) is 11.1 Å². The van der Waals surface area contributed by atoms with Gasteiger partial charge in [0.15, 0.2) is 0 Å². The van der Waals surface area contributed by atoms with Crippen LogP contribution in [0.4, 0.5) is 10.5 Å². The monoisotopic (exact) mass is 342 g/mol. The predicted octanol–water partition coefficient (Wildman–Crippen LogP) is 3.06. The molecule has 0 saturated carbocycles. The summed E-state index contributed by atoms with van der Waals surface area (Å²) in [5, 5.41) is 13.6. The van der Waals surface area contributed by atoms with Crippen LogP contribution in [0.5, 0.6) is 0 Å². The van der Waals surface area contributed by atoms with Crippen molar-refractivity contribution in [2.75, 3.05) is 6.26 Å². The van der Waals surface area contributed by atoms with Gasteiger partial charge in [-0.3, -0.25) is 14.3 Å². The number of nitro groups is 1. The number of nitrogens with one attached hydrogen (secondary N) is 1. The second-order valence-electron chi connectivity index (χ2n) is 6.23. The SMILES string of the molecule is C[C@@H](NC(=O)OC(C)(C)C)c1ccc([N+](=O)[O-])cc1C[S@](C)=O. The summed E-state index contributed by atoms with van der Waals surface area (Å²) in [5.74, 6) is 0.178. The minimum absolute atomic E-state index is 0.0707. The van der Waals surface area contributed by atoms with Crippen LogP contribution in [0.15, 0.2) is 18.2 Å². The Bertz CT molecular complexity index is 625. The van der Waals surface area contributed by atoms with E-state index in [1.807, 2.05) is 0 Å². The molecular weight excluding hydrogens is 320 g/mol. The zero-order chi connectivity index (χ0) is 17.8. The highest BCUT2D eigenvalue weighted by atomic mass is 32.2. The number of rotatable bonds is 5. The first-order valence-electron chi connectivity index (χ1n) is 7.06. The number of nitro benzene ring substituents is 1. The van der Waals surface area contributed by atoms with Gasteiger partial charge in [0.05, 0.1) is 11.0 Å². The second kappa shape index (κ2) is 7.54. The van der Waals surface area contributed by atoms with Crippen LogP contribution in [-0.4, -0.2) is 27.1 Å². The molecule has 1 aromatic carbocycles. The largest absolute Gasteiger partial charge is 0.444 e. The smallest absolute Gasteiger partial charge is 0.408 e. The highest BCUT2D eigenvalue weighted by Crippen LogP contribution is 2.24. The molecule has 7 nitrogen and oxygen atoms in total. The number of nitrogens with zero attached hydrogens (tertiary/aromatic N) is 1. The van der Waals surface area contributed by atoms with E-state index in [1.54, 1.807) is 33.8 Å². The summed E-state index contributed by atoms with van der Waals surface area (Å²) in [5.41, 5.74) is 0.562. The average molecular weight is 342 g/mol. The lowest BCUT2D eigenvalue weighted by molar-refractivity contribution is -0.384. The second-order valence-corrected chi connectivity index (χ2v) is 7.66. The fourth-order valence-corrected chi connectivity index (χ4v) is 2.72. The van der Waals surface area contributed by atoms with Crippen LogP contribution >= 0.6 is 0 Å². The lowest BCUT2D eigenvalue weighted by Crippen LogP contribution is -2.34. The third kappa shape index (κ3) is 6.35. The summed E-state index contributed by atoms with van der Waals surface area (Å²) >= 11 is 0. The highest BCUT2D eigenvalue weighted by molar-refractivity contribution is 7.83. The molecule has 0 spiro atoms. The first-order chi connectivity index (χ1) is 10.5. The van der Waals surface area contributed by atoms with Crippen molar-refractivity contribution in [3.8, 4) is 0 Å². The zero-order valence-corrected chi connectivity index (χ0v) is 14.7. The zero-order valence-electron chi connectivity index (χ0n) is 13.9. The summed E-state index contributed by atoms with van der Waals surface area (Å²) < 4.78 is 16.7. The summed E-state index contributed by atoms with van der Waals surface area (Å²) in [7, 11) is -1.16. The van der Waals surface area contributed by atoms with Gasteiger partial charge in [-0.05, 0) is 44.9 Å². The molecule has 128 valence electrons. The molecule has 0 radical (unpaired) electrons. The van der Waals surface area contributed by atoms with Crippen LogP contribution < -0.4 is 5.32 Å². The number of hydrogen-bond acceptors (Lipinski definition) is 5. The van der Waals surface area contributed by atoms with Gasteiger partial charge in [0.2, 0.25) is 0 Å². The Morgan fingerprint density at radius 3 is 2.52 bits per heavy atom. The van der Waals surface area contributed by atoms with Crippen molar-refractivity contribution in [3.05, 3.63) is 39.4 Å². The van der Waals surface area contributed by atoms with Crippen LogP contribution in [0.25, 0.3) is 0 Å². The van der Waals surface area contributed by atoms with Crippen molar-refractivity contribution in [1.29, 1.82) is 0 Å². The molecule has 0 saturated heterocycles. The molecule has 0 fully saturated rings. The standard InChI is InChI=1S/C15H22N2O5S/c1-10(16-14(18)22-15(2,3)4)13-7-6-12(17(19)20)8-11(13)9-23(5)21/h6-8,10H,9H2,1-5H3,(H,16,18)/t10-,23+/m1/s1. The summed E-state index contributed by atoms with van der Waals surface area (Å²) in [6.45, 7) is 7.02. The van der Waals surface area contributed by atoms with Gasteiger partial charge in [-0.15, -0.1) is 0 Å². The van der Waals surface area contributed by atoms with E-state index in [9.17, 15) is 19.1 Å². The van der Waals surface area contributed by atoms with Gasteiger partial charge >= 0.3 is 6.09 Å². The fraction of sp³-hybridized carbons (Fsp3) is 0.533. The molecule has 0 unspecified atom stereocenters. The van der Waals surface area contributed by atoms with Gasteiger partial charge < -0.3 is 10.1 Å². The lowest BCUT2D eigenvalue weighted by Gasteiger charge is -2.23. The van der Waals surface area contributed by atoms with Gasteiger partial charge in [0.25, 0.3) is 5.69 Å². The Balaban J connectivity index is 3.02. The molecule has 2 atom stereocenters. The predicted molar refractivity (Wildman–Crippen MR) is 88.7 cm³/mol. The van der Waals surface area contributed by atoms with E-state index in [4.69, 9.17) is 4.74 Å². The Labute approximate surface area is 138 Å².